The van der Waals surface area contributed by atoms with E-state index in [1.807, 2.05) is 67.6 Å². The molecule has 4 heteroatoms. The summed E-state index contributed by atoms with van der Waals surface area (Å²) in [5.74, 6) is 6.20. The zero-order valence-corrected chi connectivity index (χ0v) is 15.9. The lowest BCUT2D eigenvalue weighted by Crippen LogP contribution is -2.28. The highest BCUT2D eigenvalue weighted by Crippen LogP contribution is 2.20. The molecule has 27 heavy (non-hydrogen) atoms. The van der Waals surface area contributed by atoms with Gasteiger partial charge in [-0.1, -0.05) is 78.1 Å². The van der Waals surface area contributed by atoms with Crippen LogP contribution in [0.3, 0.4) is 0 Å². The van der Waals surface area contributed by atoms with Crippen molar-refractivity contribution in [2.24, 2.45) is 0 Å². The minimum atomic E-state index is -3.64. The van der Waals surface area contributed by atoms with Crippen molar-refractivity contribution < 1.29 is 8.42 Å². The summed E-state index contributed by atoms with van der Waals surface area (Å²) in [5, 5.41) is 0. The van der Waals surface area contributed by atoms with Crippen LogP contribution in [0.1, 0.15) is 29.2 Å². The molecule has 0 fully saturated rings. The van der Waals surface area contributed by atoms with E-state index < -0.39 is 16.1 Å². The molecule has 0 aliphatic heterocycles. The third kappa shape index (κ3) is 5.30. The number of rotatable bonds is 5. The fourth-order valence-corrected chi connectivity index (χ4v) is 3.89. The molecular formula is C23H21NO2S. The quantitative estimate of drug-likeness (QED) is 0.670. The first kappa shape index (κ1) is 18.9. The monoisotopic (exact) mass is 375 g/mol. The maximum atomic E-state index is 12.8. The molecule has 0 heterocycles. The van der Waals surface area contributed by atoms with Crippen LogP contribution in [0.4, 0.5) is 0 Å². The van der Waals surface area contributed by atoms with Crippen LogP contribution in [0, 0.1) is 18.8 Å². The second-order valence-electron chi connectivity index (χ2n) is 6.27. The number of nitrogens with one attached hydrogen (secondary N) is 1. The van der Waals surface area contributed by atoms with Crippen molar-refractivity contribution in [3.8, 4) is 11.8 Å². The van der Waals surface area contributed by atoms with Gasteiger partial charge in [-0.15, -0.1) is 0 Å². The van der Waals surface area contributed by atoms with Crippen molar-refractivity contribution in [2.45, 2.75) is 24.3 Å². The lowest BCUT2D eigenvalue weighted by atomic mass is 10.1. The minimum Gasteiger partial charge on any atom is -0.207 e. The van der Waals surface area contributed by atoms with Gasteiger partial charge in [-0.3, -0.25) is 0 Å². The highest BCUT2D eigenvalue weighted by atomic mass is 32.2. The zero-order chi connectivity index (χ0) is 19.1. The summed E-state index contributed by atoms with van der Waals surface area (Å²) in [6.07, 6.45) is 0.379. The smallest absolute Gasteiger partial charge is 0.207 e. The molecule has 1 atom stereocenters. The maximum absolute atomic E-state index is 12.8. The number of benzene rings is 3. The predicted molar refractivity (Wildman–Crippen MR) is 109 cm³/mol. The van der Waals surface area contributed by atoms with Crippen LogP contribution in [-0.4, -0.2) is 8.42 Å². The maximum Gasteiger partial charge on any atom is 0.241 e. The molecule has 0 aromatic heterocycles. The van der Waals surface area contributed by atoms with Crippen molar-refractivity contribution in [1.29, 1.82) is 0 Å². The average Bonchev–Trinajstić information content (AvgIpc) is 2.69. The molecule has 0 radical (unpaired) electrons. The first-order valence-corrected chi connectivity index (χ1v) is 10.2. The van der Waals surface area contributed by atoms with Gasteiger partial charge in [0.1, 0.15) is 0 Å². The molecule has 3 aromatic carbocycles. The molecule has 0 spiro atoms. The summed E-state index contributed by atoms with van der Waals surface area (Å²) in [6, 6.07) is 25.6. The van der Waals surface area contributed by atoms with Gasteiger partial charge in [0.05, 0.1) is 10.9 Å². The fourth-order valence-electron chi connectivity index (χ4n) is 2.66. The van der Waals surface area contributed by atoms with E-state index in [0.717, 1.165) is 16.7 Å². The number of hydrogen-bond donors (Lipinski definition) is 1. The summed E-state index contributed by atoms with van der Waals surface area (Å²) in [6.45, 7) is 1.93. The van der Waals surface area contributed by atoms with E-state index >= 15 is 0 Å². The van der Waals surface area contributed by atoms with E-state index in [4.69, 9.17) is 0 Å². The molecule has 3 rings (SSSR count). The Bertz CT molecular complexity index is 1030. The fraction of sp³-hybridized carbons (Fsp3) is 0.130. The second-order valence-corrected chi connectivity index (χ2v) is 7.98. The summed E-state index contributed by atoms with van der Waals surface area (Å²) in [7, 11) is -3.64. The molecule has 0 saturated heterocycles. The Kier molecular flexibility index (Phi) is 6.08. The van der Waals surface area contributed by atoms with Crippen LogP contribution in [0.5, 0.6) is 0 Å². The largest absolute Gasteiger partial charge is 0.241 e. The van der Waals surface area contributed by atoms with Crippen LogP contribution >= 0.6 is 0 Å². The van der Waals surface area contributed by atoms with Crippen molar-refractivity contribution in [1.82, 2.24) is 4.72 Å². The van der Waals surface area contributed by atoms with Gasteiger partial charge in [-0.2, -0.15) is 0 Å². The molecule has 1 N–H and O–H groups in total. The van der Waals surface area contributed by atoms with Crippen LogP contribution < -0.4 is 4.72 Å². The lowest BCUT2D eigenvalue weighted by Gasteiger charge is -2.17. The van der Waals surface area contributed by atoms with Gasteiger partial charge < -0.3 is 0 Å². The normalized spacial score (nSPS) is 12.0. The van der Waals surface area contributed by atoms with Gasteiger partial charge in [0.15, 0.2) is 0 Å². The van der Waals surface area contributed by atoms with Gasteiger partial charge in [0.2, 0.25) is 10.0 Å². The topological polar surface area (TPSA) is 46.2 Å². The molecule has 0 bridgehead atoms. The first-order chi connectivity index (χ1) is 13.0. The summed E-state index contributed by atoms with van der Waals surface area (Å²) in [4.78, 5) is 0.255. The Morgan fingerprint density at radius 3 is 2.07 bits per heavy atom. The highest BCUT2D eigenvalue weighted by Gasteiger charge is 2.20. The lowest BCUT2D eigenvalue weighted by molar-refractivity contribution is 0.559. The Balaban J connectivity index is 1.84. The Morgan fingerprint density at radius 1 is 0.852 bits per heavy atom. The molecular weight excluding hydrogens is 354 g/mol. The van der Waals surface area contributed by atoms with E-state index in [1.54, 1.807) is 24.3 Å². The summed E-state index contributed by atoms with van der Waals surface area (Å²) >= 11 is 0. The second kappa shape index (κ2) is 8.68. The first-order valence-electron chi connectivity index (χ1n) is 8.72. The number of hydrogen-bond acceptors (Lipinski definition) is 2. The van der Waals surface area contributed by atoms with E-state index in [1.165, 1.54) is 0 Å². The van der Waals surface area contributed by atoms with Gasteiger partial charge in [-0.05, 0) is 36.8 Å². The molecule has 0 amide bonds. The Labute approximate surface area is 161 Å². The van der Waals surface area contributed by atoms with Gasteiger partial charge >= 0.3 is 0 Å². The van der Waals surface area contributed by atoms with Gasteiger partial charge in [-0.25, -0.2) is 13.1 Å². The van der Waals surface area contributed by atoms with E-state index in [2.05, 4.69) is 16.6 Å². The van der Waals surface area contributed by atoms with Crippen molar-refractivity contribution in [3.63, 3.8) is 0 Å². The van der Waals surface area contributed by atoms with E-state index in [-0.39, 0.29) is 4.90 Å². The zero-order valence-electron chi connectivity index (χ0n) is 15.1. The van der Waals surface area contributed by atoms with Crippen LogP contribution in [0.15, 0.2) is 89.8 Å². The summed E-state index contributed by atoms with van der Waals surface area (Å²) in [5.41, 5.74) is 2.81. The van der Waals surface area contributed by atoms with Crippen molar-refractivity contribution >= 4 is 10.0 Å². The van der Waals surface area contributed by atoms with Crippen LogP contribution in [-0.2, 0) is 10.0 Å². The standard InChI is InChI=1S/C23H21NO2S/c1-19-15-17-22(18-16-19)27(25,26)24-23(21-12-6-3-7-13-21)14-8-11-20-9-4-2-5-10-20/h2-7,9-10,12-13,15-18,23-24H,14H2,1H3. The molecule has 0 aliphatic rings. The predicted octanol–water partition coefficient (Wildman–Crippen LogP) is 4.46. The average molecular weight is 375 g/mol. The molecule has 1 unspecified atom stereocenters. The van der Waals surface area contributed by atoms with Crippen molar-refractivity contribution in [3.05, 3.63) is 102 Å². The highest BCUT2D eigenvalue weighted by molar-refractivity contribution is 7.89. The SMILES string of the molecule is Cc1ccc(S(=O)(=O)NC(CC#Cc2ccccc2)c2ccccc2)cc1. The van der Waals surface area contributed by atoms with Gasteiger partial charge in [0, 0.05) is 12.0 Å². The Hall–Kier alpha value is -2.87. The van der Waals surface area contributed by atoms with Gasteiger partial charge in [0.25, 0.3) is 0 Å². The number of aryl methyl sites for hydroxylation is 1. The summed E-state index contributed by atoms with van der Waals surface area (Å²) < 4.78 is 28.4. The molecule has 3 aromatic rings. The number of sulfonamides is 1. The molecule has 136 valence electrons. The van der Waals surface area contributed by atoms with Crippen LogP contribution in [0.25, 0.3) is 0 Å². The third-order valence-corrected chi connectivity index (χ3v) is 5.63. The molecule has 3 nitrogen and oxygen atoms in total. The Morgan fingerprint density at radius 2 is 1.44 bits per heavy atom. The molecule has 0 saturated carbocycles. The van der Waals surface area contributed by atoms with E-state index in [0.29, 0.717) is 6.42 Å². The van der Waals surface area contributed by atoms with Crippen molar-refractivity contribution in [2.75, 3.05) is 0 Å². The molecule has 0 aliphatic carbocycles. The third-order valence-electron chi connectivity index (χ3n) is 4.14. The van der Waals surface area contributed by atoms with Crippen LogP contribution in [0.2, 0.25) is 0 Å². The minimum absolute atomic E-state index is 0.255. The van der Waals surface area contributed by atoms with E-state index in [9.17, 15) is 8.42 Å².